The molecule has 0 aliphatic carbocycles. The highest BCUT2D eigenvalue weighted by Crippen LogP contribution is 2.13. The van der Waals surface area contributed by atoms with E-state index >= 15 is 0 Å². The van der Waals surface area contributed by atoms with Crippen LogP contribution in [-0.4, -0.2) is 27.5 Å². The number of hydrogen-bond donors (Lipinski definition) is 1. The Kier molecular flexibility index (Phi) is 4.47. The van der Waals surface area contributed by atoms with Crippen molar-refractivity contribution in [2.45, 2.75) is 13.3 Å². The molecule has 3 aromatic heterocycles. The Hall–Kier alpha value is -2.95. The SMILES string of the molecule is CCCOC(=O)c1cc(/C=C/c2ccc3cccnc3n2)c[nH]1. The number of aromatic amines is 1. The van der Waals surface area contributed by atoms with Crippen molar-refractivity contribution in [3.63, 3.8) is 0 Å². The molecule has 0 unspecified atom stereocenters. The normalized spacial score (nSPS) is 11.2. The molecule has 1 N–H and O–H groups in total. The molecule has 0 aromatic carbocycles. The predicted molar refractivity (Wildman–Crippen MR) is 89.8 cm³/mol. The van der Waals surface area contributed by atoms with Crippen LogP contribution in [0.5, 0.6) is 0 Å². The Labute approximate surface area is 134 Å². The summed E-state index contributed by atoms with van der Waals surface area (Å²) in [5.74, 6) is -0.334. The molecule has 116 valence electrons. The third-order valence-electron chi connectivity index (χ3n) is 3.29. The van der Waals surface area contributed by atoms with Gasteiger partial charge in [0.25, 0.3) is 0 Å². The predicted octanol–water partition coefficient (Wildman–Crippen LogP) is 3.70. The van der Waals surface area contributed by atoms with E-state index in [1.165, 1.54) is 0 Å². The molecule has 0 bridgehead atoms. The van der Waals surface area contributed by atoms with E-state index in [9.17, 15) is 4.79 Å². The fraction of sp³-hybridized carbons (Fsp3) is 0.167. The zero-order chi connectivity index (χ0) is 16.1. The van der Waals surface area contributed by atoms with Gasteiger partial charge in [0, 0.05) is 17.8 Å². The van der Waals surface area contributed by atoms with Crippen LogP contribution in [0, 0.1) is 0 Å². The largest absolute Gasteiger partial charge is 0.461 e. The average Bonchev–Trinajstić information content (AvgIpc) is 3.07. The Balaban J connectivity index is 1.74. The van der Waals surface area contributed by atoms with Crippen LogP contribution < -0.4 is 0 Å². The van der Waals surface area contributed by atoms with Crippen LogP contribution in [0.2, 0.25) is 0 Å². The van der Waals surface area contributed by atoms with Gasteiger partial charge in [0.15, 0.2) is 5.65 Å². The number of aromatic nitrogens is 3. The van der Waals surface area contributed by atoms with E-state index < -0.39 is 0 Å². The number of hydrogen-bond acceptors (Lipinski definition) is 4. The van der Waals surface area contributed by atoms with E-state index in [-0.39, 0.29) is 5.97 Å². The Bertz CT molecular complexity index is 852. The number of ether oxygens (including phenoxy) is 1. The first-order chi connectivity index (χ1) is 11.3. The molecule has 0 amide bonds. The number of carbonyl (C=O) groups excluding carboxylic acids is 1. The van der Waals surface area contributed by atoms with Crippen LogP contribution in [0.3, 0.4) is 0 Å². The zero-order valence-electron chi connectivity index (χ0n) is 12.8. The molecule has 0 saturated heterocycles. The molecule has 0 saturated carbocycles. The van der Waals surface area contributed by atoms with Crippen LogP contribution in [0.25, 0.3) is 23.2 Å². The second kappa shape index (κ2) is 6.87. The highest BCUT2D eigenvalue weighted by atomic mass is 16.5. The second-order valence-electron chi connectivity index (χ2n) is 5.10. The minimum absolute atomic E-state index is 0.334. The van der Waals surface area contributed by atoms with Crippen molar-refractivity contribution in [3.8, 4) is 0 Å². The van der Waals surface area contributed by atoms with Gasteiger partial charge in [0.05, 0.1) is 12.3 Å². The molecule has 3 aromatic rings. The number of pyridine rings is 2. The van der Waals surface area contributed by atoms with Gasteiger partial charge in [-0.25, -0.2) is 14.8 Å². The van der Waals surface area contributed by atoms with Gasteiger partial charge in [0.2, 0.25) is 0 Å². The lowest BCUT2D eigenvalue weighted by Gasteiger charge is -1.99. The molecule has 0 aliphatic rings. The Morgan fingerprint density at radius 3 is 3.09 bits per heavy atom. The van der Waals surface area contributed by atoms with E-state index in [0.717, 1.165) is 23.1 Å². The number of rotatable bonds is 5. The fourth-order valence-corrected chi connectivity index (χ4v) is 2.14. The lowest BCUT2D eigenvalue weighted by Crippen LogP contribution is -2.05. The van der Waals surface area contributed by atoms with Crippen molar-refractivity contribution in [2.24, 2.45) is 0 Å². The lowest BCUT2D eigenvalue weighted by molar-refractivity contribution is 0.0499. The smallest absolute Gasteiger partial charge is 0.354 e. The number of H-pyrrole nitrogens is 1. The van der Waals surface area contributed by atoms with E-state index in [4.69, 9.17) is 4.74 Å². The van der Waals surface area contributed by atoms with Crippen molar-refractivity contribution in [2.75, 3.05) is 6.61 Å². The molecule has 3 rings (SSSR count). The average molecular weight is 307 g/mol. The molecule has 0 fully saturated rings. The number of nitrogens with one attached hydrogen (secondary N) is 1. The van der Waals surface area contributed by atoms with Crippen molar-refractivity contribution in [1.29, 1.82) is 0 Å². The summed E-state index contributed by atoms with van der Waals surface area (Å²) < 4.78 is 5.09. The molecule has 5 heteroatoms. The summed E-state index contributed by atoms with van der Waals surface area (Å²) in [5, 5.41) is 1.01. The van der Waals surface area contributed by atoms with Crippen LogP contribution in [-0.2, 0) is 4.74 Å². The van der Waals surface area contributed by atoms with Gasteiger partial charge in [-0.05, 0) is 48.4 Å². The molecule has 23 heavy (non-hydrogen) atoms. The van der Waals surface area contributed by atoms with Gasteiger partial charge in [-0.1, -0.05) is 13.0 Å². The third-order valence-corrected chi connectivity index (χ3v) is 3.29. The van der Waals surface area contributed by atoms with E-state index in [2.05, 4.69) is 15.0 Å². The molecular weight excluding hydrogens is 290 g/mol. The summed E-state index contributed by atoms with van der Waals surface area (Å²) in [6.07, 6.45) is 8.07. The van der Waals surface area contributed by atoms with Gasteiger partial charge in [-0.15, -0.1) is 0 Å². The van der Waals surface area contributed by atoms with Crippen LogP contribution >= 0.6 is 0 Å². The number of esters is 1. The van der Waals surface area contributed by atoms with Crippen molar-refractivity contribution < 1.29 is 9.53 Å². The Morgan fingerprint density at radius 1 is 1.30 bits per heavy atom. The van der Waals surface area contributed by atoms with Gasteiger partial charge < -0.3 is 9.72 Å². The first-order valence-electron chi connectivity index (χ1n) is 7.51. The van der Waals surface area contributed by atoms with Crippen LogP contribution in [0.15, 0.2) is 42.7 Å². The maximum absolute atomic E-state index is 11.7. The number of carbonyl (C=O) groups is 1. The summed E-state index contributed by atoms with van der Waals surface area (Å²) in [6, 6.07) is 9.54. The molecular formula is C18H17N3O2. The zero-order valence-corrected chi connectivity index (χ0v) is 12.8. The number of nitrogens with zero attached hydrogens (tertiary/aromatic N) is 2. The van der Waals surface area contributed by atoms with Crippen molar-refractivity contribution >= 4 is 29.2 Å². The molecule has 5 nitrogen and oxygen atoms in total. The van der Waals surface area contributed by atoms with E-state index in [1.54, 1.807) is 18.5 Å². The van der Waals surface area contributed by atoms with Gasteiger partial charge in [-0.3, -0.25) is 0 Å². The van der Waals surface area contributed by atoms with Gasteiger partial charge >= 0.3 is 5.97 Å². The van der Waals surface area contributed by atoms with Crippen molar-refractivity contribution in [3.05, 3.63) is 59.7 Å². The first-order valence-corrected chi connectivity index (χ1v) is 7.51. The quantitative estimate of drug-likeness (QED) is 0.730. The Morgan fingerprint density at radius 2 is 2.22 bits per heavy atom. The monoisotopic (exact) mass is 307 g/mol. The minimum atomic E-state index is -0.334. The molecule has 0 spiro atoms. The standard InChI is InChI=1S/C18H17N3O2/c1-2-10-23-18(22)16-11-13(12-20-16)5-7-15-8-6-14-4-3-9-19-17(14)21-15/h3-9,11-12,20H,2,10H2,1H3/b7-5+. The minimum Gasteiger partial charge on any atom is -0.461 e. The summed E-state index contributed by atoms with van der Waals surface area (Å²) >= 11 is 0. The fourth-order valence-electron chi connectivity index (χ4n) is 2.14. The molecule has 0 radical (unpaired) electrons. The maximum atomic E-state index is 11.7. The van der Waals surface area contributed by atoms with Crippen LogP contribution in [0.4, 0.5) is 0 Å². The summed E-state index contributed by atoms with van der Waals surface area (Å²) in [6.45, 7) is 2.39. The highest BCUT2D eigenvalue weighted by molar-refractivity contribution is 5.88. The molecule has 3 heterocycles. The van der Waals surface area contributed by atoms with E-state index in [1.807, 2.05) is 43.3 Å². The van der Waals surface area contributed by atoms with E-state index in [0.29, 0.717) is 17.9 Å². The van der Waals surface area contributed by atoms with Crippen LogP contribution in [0.1, 0.15) is 35.1 Å². The van der Waals surface area contributed by atoms with Crippen molar-refractivity contribution in [1.82, 2.24) is 15.0 Å². The number of fused-ring (bicyclic) bond motifs is 1. The summed E-state index contributed by atoms with van der Waals surface area (Å²) in [4.78, 5) is 23.4. The molecule has 0 atom stereocenters. The highest BCUT2D eigenvalue weighted by Gasteiger charge is 2.08. The first kappa shape index (κ1) is 15.0. The lowest BCUT2D eigenvalue weighted by atomic mass is 10.2. The summed E-state index contributed by atoms with van der Waals surface area (Å²) in [5.41, 5.74) is 2.86. The second-order valence-corrected chi connectivity index (χ2v) is 5.10. The third kappa shape index (κ3) is 3.63. The van der Waals surface area contributed by atoms with Gasteiger partial charge in [-0.2, -0.15) is 0 Å². The topological polar surface area (TPSA) is 67.9 Å². The van der Waals surface area contributed by atoms with Gasteiger partial charge in [0.1, 0.15) is 5.69 Å². The summed E-state index contributed by atoms with van der Waals surface area (Å²) in [7, 11) is 0. The maximum Gasteiger partial charge on any atom is 0.354 e. The molecule has 0 aliphatic heterocycles.